The molecule has 1 aromatic rings. The van der Waals surface area contributed by atoms with Crippen LogP contribution in [0, 0.1) is 5.92 Å². The number of hydrogen-bond donors (Lipinski definition) is 1. The number of halogens is 1. The number of thiazole rings is 1. The number of aromatic nitrogens is 1. The molecule has 0 bridgehead atoms. The molecule has 1 N–H and O–H groups in total. The Kier molecular flexibility index (Phi) is 4.00. The summed E-state index contributed by atoms with van der Waals surface area (Å²) in [5.74, 6) is 0.995. The van der Waals surface area contributed by atoms with Gasteiger partial charge in [0.25, 0.3) is 0 Å². The minimum atomic E-state index is 0.673. The molecule has 1 aromatic heterocycles. The van der Waals surface area contributed by atoms with Gasteiger partial charge in [-0.15, -0.1) is 11.3 Å². The third-order valence-electron chi connectivity index (χ3n) is 2.83. The first-order valence-electron chi connectivity index (χ1n) is 5.71. The Balaban J connectivity index is 1.86. The molecule has 0 spiro atoms. The van der Waals surface area contributed by atoms with E-state index in [1.165, 1.54) is 37.2 Å². The van der Waals surface area contributed by atoms with E-state index in [9.17, 15) is 0 Å². The zero-order valence-electron chi connectivity index (χ0n) is 9.13. The van der Waals surface area contributed by atoms with Crippen molar-refractivity contribution >= 4 is 22.9 Å². The molecule has 1 saturated carbocycles. The Bertz CT molecular complexity index is 309. The van der Waals surface area contributed by atoms with Crippen molar-refractivity contribution in [2.75, 3.05) is 13.1 Å². The largest absolute Gasteiger partial charge is 0.330 e. The molecule has 0 aliphatic heterocycles. The van der Waals surface area contributed by atoms with Crippen LogP contribution in [0.25, 0.3) is 0 Å². The topological polar surface area (TPSA) is 17.3 Å². The van der Waals surface area contributed by atoms with Gasteiger partial charge in [0, 0.05) is 12.1 Å². The second kappa shape index (κ2) is 5.28. The number of hydrogen-bond acceptors (Lipinski definition) is 2. The van der Waals surface area contributed by atoms with Crippen LogP contribution in [0.5, 0.6) is 0 Å². The van der Waals surface area contributed by atoms with Gasteiger partial charge in [-0.05, 0) is 19.3 Å². The molecule has 84 valence electrons. The van der Waals surface area contributed by atoms with Gasteiger partial charge in [-0.1, -0.05) is 18.5 Å². The third kappa shape index (κ3) is 3.74. The van der Waals surface area contributed by atoms with E-state index in [2.05, 4.69) is 11.9 Å². The average Bonchev–Trinajstić information content (AvgIpc) is 2.90. The quantitative estimate of drug-likeness (QED) is 0.812. The normalized spacial score (nSPS) is 18.0. The lowest BCUT2D eigenvalue weighted by Crippen LogP contribution is -3.11. The second-order valence-electron chi connectivity index (χ2n) is 4.40. The summed E-state index contributed by atoms with van der Waals surface area (Å²) in [4.78, 5) is 7.11. The number of nitrogens with one attached hydrogen (secondary N) is 1. The van der Waals surface area contributed by atoms with Crippen LogP contribution < -0.4 is 4.90 Å². The maximum atomic E-state index is 5.84. The summed E-state index contributed by atoms with van der Waals surface area (Å²) in [6.07, 6.45) is 6.07. The predicted octanol–water partition coefficient (Wildman–Crippen LogP) is 2.00. The van der Waals surface area contributed by atoms with Crippen molar-refractivity contribution < 1.29 is 4.90 Å². The van der Waals surface area contributed by atoms with Crippen molar-refractivity contribution in [3.63, 3.8) is 0 Å². The fourth-order valence-corrected chi connectivity index (χ4v) is 3.01. The van der Waals surface area contributed by atoms with Crippen molar-refractivity contribution in [2.45, 2.75) is 32.7 Å². The molecule has 1 atom stereocenters. The van der Waals surface area contributed by atoms with Crippen molar-refractivity contribution in [1.29, 1.82) is 0 Å². The summed E-state index contributed by atoms with van der Waals surface area (Å²) in [5.41, 5.74) is 0. The summed E-state index contributed by atoms with van der Waals surface area (Å²) in [7, 11) is 0. The minimum absolute atomic E-state index is 0.673. The highest BCUT2D eigenvalue weighted by atomic mass is 35.5. The first-order valence-corrected chi connectivity index (χ1v) is 6.91. The van der Waals surface area contributed by atoms with Crippen LogP contribution in [-0.2, 0) is 6.54 Å². The highest BCUT2D eigenvalue weighted by Crippen LogP contribution is 2.26. The summed E-state index contributed by atoms with van der Waals surface area (Å²) in [6, 6.07) is 0. The molecule has 0 aromatic carbocycles. The lowest BCUT2D eigenvalue weighted by Gasteiger charge is -2.17. The van der Waals surface area contributed by atoms with Crippen molar-refractivity contribution in [3.8, 4) is 0 Å². The van der Waals surface area contributed by atoms with Gasteiger partial charge in [0.1, 0.15) is 6.54 Å². The van der Waals surface area contributed by atoms with Gasteiger partial charge < -0.3 is 4.90 Å². The van der Waals surface area contributed by atoms with Crippen molar-refractivity contribution in [3.05, 3.63) is 15.5 Å². The Labute approximate surface area is 100 Å². The Morgan fingerprint density at radius 1 is 1.60 bits per heavy atom. The number of nitrogens with zero attached hydrogens (tertiary/aromatic N) is 1. The van der Waals surface area contributed by atoms with Crippen molar-refractivity contribution in [1.82, 2.24) is 4.98 Å². The van der Waals surface area contributed by atoms with Gasteiger partial charge in [0.2, 0.25) is 0 Å². The van der Waals surface area contributed by atoms with Gasteiger partial charge in [-0.2, -0.15) is 0 Å². The van der Waals surface area contributed by atoms with Crippen LogP contribution in [0.1, 0.15) is 31.1 Å². The minimum Gasteiger partial charge on any atom is -0.330 e. The monoisotopic (exact) mass is 245 g/mol. The third-order valence-corrected chi connectivity index (χ3v) is 3.94. The van der Waals surface area contributed by atoms with E-state index in [0.717, 1.165) is 12.5 Å². The molecule has 1 unspecified atom stereocenters. The van der Waals surface area contributed by atoms with Gasteiger partial charge in [0.05, 0.1) is 18.0 Å². The SMILES string of the molecule is CCC[NH+](Cc1cnc(Cl)s1)CC1CC1. The standard InChI is InChI=1S/C11H17ClN2S/c1-2-5-14(7-9-3-4-9)8-10-6-13-11(12)15-10/h6,9H,2-5,7-8H2,1H3/p+1. The number of quaternary nitrogens is 1. The summed E-state index contributed by atoms with van der Waals surface area (Å²) >= 11 is 7.46. The van der Waals surface area contributed by atoms with Crippen LogP contribution in [0.4, 0.5) is 0 Å². The molecule has 0 saturated heterocycles. The maximum Gasteiger partial charge on any atom is 0.183 e. The first kappa shape index (κ1) is 11.4. The Hall–Kier alpha value is -0.120. The Morgan fingerprint density at radius 3 is 2.93 bits per heavy atom. The van der Waals surface area contributed by atoms with Gasteiger partial charge in [0.15, 0.2) is 4.47 Å². The lowest BCUT2D eigenvalue weighted by atomic mass is 10.3. The van der Waals surface area contributed by atoms with E-state index in [-0.39, 0.29) is 0 Å². The van der Waals surface area contributed by atoms with Crippen LogP contribution in [0.2, 0.25) is 4.47 Å². The summed E-state index contributed by atoms with van der Waals surface area (Å²) in [5, 5.41) is 0. The number of rotatable bonds is 6. The van der Waals surface area contributed by atoms with Crippen molar-refractivity contribution in [2.24, 2.45) is 5.92 Å². The second-order valence-corrected chi connectivity index (χ2v) is 6.10. The van der Waals surface area contributed by atoms with Crippen LogP contribution >= 0.6 is 22.9 Å². The molecular weight excluding hydrogens is 228 g/mol. The molecule has 0 amide bonds. The van der Waals surface area contributed by atoms with Crippen LogP contribution in [0.3, 0.4) is 0 Å². The molecular formula is C11H18ClN2S+. The highest BCUT2D eigenvalue weighted by molar-refractivity contribution is 7.15. The van der Waals surface area contributed by atoms with Gasteiger partial charge in [-0.3, -0.25) is 0 Å². The average molecular weight is 246 g/mol. The maximum absolute atomic E-state index is 5.84. The summed E-state index contributed by atoms with van der Waals surface area (Å²) < 4.78 is 0.673. The molecule has 1 aliphatic rings. The molecule has 2 nitrogen and oxygen atoms in total. The van der Waals surface area contributed by atoms with E-state index in [4.69, 9.17) is 11.6 Å². The van der Waals surface area contributed by atoms with Crippen LogP contribution in [0.15, 0.2) is 6.20 Å². The highest BCUT2D eigenvalue weighted by Gasteiger charge is 2.26. The molecule has 15 heavy (non-hydrogen) atoms. The van der Waals surface area contributed by atoms with E-state index >= 15 is 0 Å². The zero-order chi connectivity index (χ0) is 10.7. The lowest BCUT2D eigenvalue weighted by molar-refractivity contribution is -0.915. The van der Waals surface area contributed by atoms with E-state index in [1.807, 2.05) is 6.20 Å². The molecule has 2 rings (SSSR count). The molecule has 1 aliphatic carbocycles. The first-order chi connectivity index (χ1) is 7.28. The van der Waals surface area contributed by atoms with Gasteiger partial charge in [-0.25, -0.2) is 4.98 Å². The smallest absolute Gasteiger partial charge is 0.183 e. The van der Waals surface area contributed by atoms with E-state index in [0.29, 0.717) is 4.47 Å². The Morgan fingerprint density at radius 2 is 2.40 bits per heavy atom. The molecule has 1 heterocycles. The molecule has 4 heteroatoms. The van der Waals surface area contributed by atoms with Crippen LogP contribution in [-0.4, -0.2) is 18.1 Å². The molecule has 1 fully saturated rings. The van der Waals surface area contributed by atoms with E-state index in [1.54, 1.807) is 16.2 Å². The molecule has 0 radical (unpaired) electrons. The fourth-order valence-electron chi connectivity index (χ4n) is 1.96. The fraction of sp³-hybridized carbons (Fsp3) is 0.727. The van der Waals surface area contributed by atoms with Gasteiger partial charge >= 0.3 is 0 Å². The predicted molar refractivity (Wildman–Crippen MR) is 64.5 cm³/mol. The summed E-state index contributed by atoms with van der Waals surface area (Å²) in [6.45, 7) is 5.97. The van der Waals surface area contributed by atoms with E-state index < -0.39 is 0 Å². The zero-order valence-corrected chi connectivity index (χ0v) is 10.7.